The molecule has 3 heteroatoms. The van der Waals surface area contributed by atoms with E-state index < -0.39 is 8.07 Å². The summed E-state index contributed by atoms with van der Waals surface area (Å²) in [6.07, 6.45) is 2.07. The van der Waals surface area contributed by atoms with Crippen molar-refractivity contribution in [2.24, 2.45) is 4.99 Å². The van der Waals surface area contributed by atoms with Gasteiger partial charge >= 0.3 is 0 Å². The maximum absolute atomic E-state index is 5.12. The Hall–Kier alpha value is -3.22. The molecule has 0 saturated heterocycles. The van der Waals surface area contributed by atoms with Crippen LogP contribution in [0.25, 0.3) is 0 Å². The molecule has 4 aromatic carbocycles. The van der Waals surface area contributed by atoms with Crippen molar-refractivity contribution in [3.8, 4) is 0 Å². The van der Waals surface area contributed by atoms with Crippen LogP contribution in [-0.2, 0) is 0 Å². The SMILES string of the molecule is Cc1cc(C)c(N=CN(c2c(C)cc(C)cc2C)P(c2ccccc2)c2ccccc2)c(C)c1. The zero-order valence-electron chi connectivity index (χ0n) is 21.0. The first-order chi connectivity index (χ1) is 16.3. The van der Waals surface area contributed by atoms with Crippen molar-refractivity contribution in [2.45, 2.75) is 41.5 Å². The van der Waals surface area contributed by atoms with Crippen LogP contribution >= 0.6 is 8.07 Å². The van der Waals surface area contributed by atoms with E-state index in [-0.39, 0.29) is 0 Å². The molecule has 0 atom stereocenters. The molecule has 2 nitrogen and oxygen atoms in total. The fraction of sp³-hybridized carbons (Fsp3) is 0.194. The normalized spacial score (nSPS) is 11.4. The Balaban J connectivity index is 1.95. The minimum atomic E-state index is -0.870. The molecule has 0 bridgehead atoms. The van der Waals surface area contributed by atoms with E-state index >= 15 is 0 Å². The monoisotopic (exact) mass is 464 g/mol. The molecule has 0 amide bonds. The third-order valence-electron chi connectivity index (χ3n) is 6.01. The molecular formula is C31H33N2P. The standard InChI is InChI=1S/C31H33N2P/c1-22-17-24(3)30(25(4)18-22)32-21-33(31-26(5)19-23(2)20-27(31)6)34(28-13-9-7-10-14-28)29-15-11-8-12-16-29/h7-21H,1-6H3. The Morgan fingerprint density at radius 1 is 0.588 bits per heavy atom. The highest BCUT2D eigenvalue weighted by Gasteiger charge is 2.25. The van der Waals surface area contributed by atoms with E-state index in [0.717, 1.165) is 5.69 Å². The lowest BCUT2D eigenvalue weighted by Crippen LogP contribution is -2.28. The van der Waals surface area contributed by atoms with Crippen molar-refractivity contribution < 1.29 is 0 Å². The number of anilines is 1. The molecule has 0 radical (unpaired) electrons. The number of rotatable bonds is 6. The summed E-state index contributed by atoms with van der Waals surface area (Å²) in [6.45, 7) is 13.0. The molecule has 0 aliphatic carbocycles. The van der Waals surface area contributed by atoms with Crippen molar-refractivity contribution in [2.75, 3.05) is 4.67 Å². The van der Waals surface area contributed by atoms with Gasteiger partial charge in [0.1, 0.15) is 0 Å². The Morgan fingerprint density at radius 2 is 1.00 bits per heavy atom. The lowest BCUT2D eigenvalue weighted by Gasteiger charge is -2.33. The molecule has 34 heavy (non-hydrogen) atoms. The van der Waals surface area contributed by atoms with Crippen LogP contribution in [0.5, 0.6) is 0 Å². The van der Waals surface area contributed by atoms with Gasteiger partial charge in [-0.05, 0) is 63.8 Å². The summed E-state index contributed by atoms with van der Waals surface area (Å²) in [5.74, 6) is 0. The van der Waals surface area contributed by atoms with Crippen LogP contribution in [0.1, 0.15) is 33.4 Å². The van der Waals surface area contributed by atoms with E-state index in [1.54, 1.807) is 0 Å². The second-order valence-electron chi connectivity index (χ2n) is 9.07. The van der Waals surface area contributed by atoms with Crippen LogP contribution in [-0.4, -0.2) is 6.34 Å². The van der Waals surface area contributed by atoms with E-state index in [4.69, 9.17) is 4.99 Å². The van der Waals surface area contributed by atoms with Gasteiger partial charge in [-0.3, -0.25) is 0 Å². The maximum atomic E-state index is 5.12. The highest BCUT2D eigenvalue weighted by molar-refractivity contribution is 7.75. The lowest BCUT2D eigenvalue weighted by molar-refractivity contribution is 1.27. The highest BCUT2D eigenvalue weighted by Crippen LogP contribution is 2.44. The Bertz CT molecular complexity index is 1220. The van der Waals surface area contributed by atoms with E-state index in [0.29, 0.717) is 0 Å². The van der Waals surface area contributed by atoms with Crippen molar-refractivity contribution in [3.63, 3.8) is 0 Å². The first-order valence-corrected chi connectivity index (χ1v) is 13.0. The highest BCUT2D eigenvalue weighted by atomic mass is 31.1. The molecule has 172 valence electrons. The quantitative estimate of drug-likeness (QED) is 0.162. The molecule has 0 spiro atoms. The van der Waals surface area contributed by atoms with Crippen LogP contribution in [0, 0.1) is 41.5 Å². The molecular weight excluding hydrogens is 431 g/mol. The fourth-order valence-electron chi connectivity index (χ4n) is 4.77. The van der Waals surface area contributed by atoms with Crippen molar-refractivity contribution in [1.29, 1.82) is 0 Å². The van der Waals surface area contributed by atoms with Gasteiger partial charge in [0.15, 0.2) is 0 Å². The third-order valence-corrected chi connectivity index (χ3v) is 8.32. The number of nitrogens with zero attached hydrogens (tertiary/aromatic N) is 2. The molecule has 0 heterocycles. The van der Waals surface area contributed by atoms with Gasteiger partial charge in [0, 0.05) is 10.6 Å². The zero-order valence-corrected chi connectivity index (χ0v) is 21.9. The summed E-state index contributed by atoms with van der Waals surface area (Å²) >= 11 is 0. The smallest absolute Gasteiger partial charge is 0.0996 e. The summed E-state index contributed by atoms with van der Waals surface area (Å²) in [7, 11) is -0.870. The van der Waals surface area contributed by atoms with Crippen molar-refractivity contribution in [3.05, 3.63) is 118 Å². The van der Waals surface area contributed by atoms with Gasteiger partial charge in [0.25, 0.3) is 0 Å². The topological polar surface area (TPSA) is 15.6 Å². The Morgan fingerprint density at radius 3 is 1.44 bits per heavy atom. The van der Waals surface area contributed by atoms with Gasteiger partial charge < -0.3 is 4.67 Å². The van der Waals surface area contributed by atoms with Gasteiger partial charge in [0.05, 0.1) is 25.8 Å². The lowest BCUT2D eigenvalue weighted by atomic mass is 10.1. The van der Waals surface area contributed by atoms with Gasteiger partial charge in [0.2, 0.25) is 0 Å². The minimum absolute atomic E-state index is 0.870. The van der Waals surface area contributed by atoms with Crippen molar-refractivity contribution in [1.82, 2.24) is 0 Å². The number of aliphatic imine (C=N–C) groups is 1. The van der Waals surface area contributed by atoms with Crippen LogP contribution in [0.2, 0.25) is 0 Å². The zero-order chi connectivity index (χ0) is 24.2. The predicted molar refractivity (Wildman–Crippen MR) is 151 cm³/mol. The maximum Gasteiger partial charge on any atom is 0.0996 e. The van der Waals surface area contributed by atoms with Crippen molar-refractivity contribution >= 4 is 36.4 Å². The Kier molecular flexibility index (Phi) is 7.29. The summed E-state index contributed by atoms with van der Waals surface area (Å²) in [5.41, 5.74) is 9.77. The molecule has 0 aliphatic heterocycles. The Labute approximate surface area is 205 Å². The molecule has 4 rings (SSSR count). The van der Waals surface area contributed by atoms with Gasteiger partial charge in [-0.25, -0.2) is 4.99 Å². The van der Waals surface area contributed by atoms with Crippen LogP contribution in [0.15, 0.2) is 89.9 Å². The molecule has 4 aromatic rings. The van der Waals surface area contributed by atoms with E-state index in [2.05, 4.69) is 137 Å². The summed E-state index contributed by atoms with van der Waals surface area (Å²) in [5, 5.41) is 2.60. The number of hydrogen-bond acceptors (Lipinski definition) is 1. The summed E-state index contributed by atoms with van der Waals surface area (Å²) in [4.78, 5) is 5.12. The van der Waals surface area contributed by atoms with Gasteiger partial charge in [-0.15, -0.1) is 0 Å². The minimum Gasteiger partial charge on any atom is -0.302 e. The molecule has 0 saturated carbocycles. The van der Waals surface area contributed by atoms with E-state index in [1.165, 1.54) is 49.7 Å². The average Bonchev–Trinajstić information content (AvgIpc) is 2.79. The molecule has 0 N–H and O–H groups in total. The number of aryl methyl sites for hydroxylation is 6. The fourth-order valence-corrected chi connectivity index (χ4v) is 7.14. The van der Waals surface area contributed by atoms with E-state index in [9.17, 15) is 0 Å². The summed E-state index contributed by atoms with van der Waals surface area (Å²) < 4.78 is 2.42. The first-order valence-electron chi connectivity index (χ1n) is 11.7. The summed E-state index contributed by atoms with van der Waals surface area (Å²) in [6, 6.07) is 30.6. The molecule has 0 unspecified atom stereocenters. The van der Waals surface area contributed by atoms with Crippen LogP contribution in [0.4, 0.5) is 11.4 Å². The third kappa shape index (κ3) is 5.13. The second kappa shape index (κ2) is 10.4. The van der Waals surface area contributed by atoms with E-state index in [1.807, 2.05) is 0 Å². The average molecular weight is 465 g/mol. The predicted octanol–water partition coefficient (Wildman–Crippen LogP) is 7.75. The number of benzene rings is 4. The van der Waals surface area contributed by atoms with Gasteiger partial charge in [-0.1, -0.05) is 96.1 Å². The molecule has 0 fully saturated rings. The molecule has 0 aromatic heterocycles. The largest absolute Gasteiger partial charge is 0.302 e. The molecule has 0 aliphatic rings. The van der Waals surface area contributed by atoms with Crippen LogP contribution < -0.4 is 15.3 Å². The van der Waals surface area contributed by atoms with Crippen LogP contribution in [0.3, 0.4) is 0 Å². The van der Waals surface area contributed by atoms with Gasteiger partial charge in [-0.2, -0.15) is 0 Å². The number of hydrogen-bond donors (Lipinski definition) is 0. The first kappa shape index (κ1) is 23.9. The second-order valence-corrected chi connectivity index (χ2v) is 11.2.